The number of benzene rings is 2. The van der Waals surface area contributed by atoms with Crippen LogP contribution >= 0.6 is 0 Å². The fourth-order valence-corrected chi connectivity index (χ4v) is 3.57. The quantitative estimate of drug-likeness (QED) is 0.637. The van der Waals surface area contributed by atoms with Gasteiger partial charge in [0.2, 0.25) is 5.91 Å². The van der Waals surface area contributed by atoms with Crippen LogP contribution in [0, 0.1) is 0 Å². The second-order valence-corrected chi connectivity index (χ2v) is 7.15. The third-order valence-corrected chi connectivity index (χ3v) is 5.11. The van der Waals surface area contributed by atoms with Crippen molar-refractivity contribution >= 4 is 28.5 Å². The van der Waals surface area contributed by atoms with Gasteiger partial charge in [0, 0.05) is 36.9 Å². The molecule has 0 unspecified atom stereocenters. The van der Waals surface area contributed by atoms with Crippen LogP contribution < -0.4 is 10.6 Å². The molecule has 0 saturated carbocycles. The van der Waals surface area contributed by atoms with Gasteiger partial charge in [-0.25, -0.2) is 4.79 Å². The molecule has 1 saturated heterocycles. The summed E-state index contributed by atoms with van der Waals surface area (Å²) >= 11 is 0. The lowest BCUT2D eigenvalue weighted by Crippen LogP contribution is -2.49. The Hall–Kier alpha value is -3.28. The summed E-state index contributed by atoms with van der Waals surface area (Å²) in [7, 11) is 0. The van der Waals surface area contributed by atoms with Crippen molar-refractivity contribution in [3.63, 3.8) is 0 Å². The van der Waals surface area contributed by atoms with Crippen LogP contribution in [0.25, 0.3) is 10.9 Å². The minimum absolute atomic E-state index is 0.173. The summed E-state index contributed by atoms with van der Waals surface area (Å²) in [5.41, 5.74) is 2.66. The predicted molar refractivity (Wildman–Crippen MR) is 110 cm³/mol. The van der Waals surface area contributed by atoms with Crippen molar-refractivity contribution < 1.29 is 9.59 Å². The molecular weight excluding hydrogens is 352 g/mol. The summed E-state index contributed by atoms with van der Waals surface area (Å²) in [6.45, 7) is 1.49. The van der Waals surface area contributed by atoms with Gasteiger partial charge in [0.15, 0.2) is 0 Å². The highest BCUT2D eigenvalue weighted by atomic mass is 16.2. The third-order valence-electron chi connectivity index (χ3n) is 5.11. The number of hydrogen-bond acceptors (Lipinski definition) is 2. The van der Waals surface area contributed by atoms with E-state index in [9.17, 15) is 9.59 Å². The normalized spacial score (nSPS) is 14.8. The maximum absolute atomic E-state index is 13.0. The summed E-state index contributed by atoms with van der Waals surface area (Å²) in [5.74, 6) is -0.220. The molecule has 0 radical (unpaired) electrons. The molecule has 1 aliphatic heterocycles. The number of anilines is 1. The zero-order valence-corrected chi connectivity index (χ0v) is 15.7. The van der Waals surface area contributed by atoms with E-state index in [1.165, 1.54) is 0 Å². The highest BCUT2D eigenvalue weighted by Crippen LogP contribution is 2.18. The molecule has 0 aliphatic carbocycles. The largest absolute Gasteiger partial charge is 0.361 e. The van der Waals surface area contributed by atoms with Gasteiger partial charge in [-0.05, 0) is 42.0 Å². The summed E-state index contributed by atoms with van der Waals surface area (Å²) < 4.78 is 0. The van der Waals surface area contributed by atoms with Crippen molar-refractivity contribution in [1.82, 2.24) is 15.2 Å². The molecule has 3 N–H and O–H groups in total. The summed E-state index contributed by atoms with van der Waals surface area (Å²) in [4.78, 5) is 30.5. The average Bonchev–Trinajstić information content (AvgIpc) is 3.40. The first-order chi connectivity index (χ1) is 13.7. The Kier molecular flexibility index (Phi) is 5.28. The lowest BCUT2D eigenvalue weighted by atomic mass is 10.1. The maximum atomic E-state index is 13.0. The summed E-state index contributed by atoms with van der Waals surface area (Å²) in [6.07, 6.45) is 4.33. The molecule has 0 spiro atoms. The molecule has 1 aromatic heterocycles. The van der Waals surface area contributed by atoms with Gasteiger partial charge in [-0.15, -0.1) is 0 Å². The lowest BCUT2D eigenvalue weighted by molar-refractivity contribution is -0.118. The predicted octanol–water partition coefficient (Wildman–Crippen LogP) is 3.52. The molecule has 6 heteroatoms. The van der Waals surface area contributed by atoms with E-state index in [0.717, 1.165) is 42.4 Å². The van der Waals surface area contributed by atoms with Crippen LogP contribution in [0.5, 0.6) is 0 Å². The average molecular weight is 376 g/mol. The van der Waals surface area contributed by atoms with E-state index >= 15 is 0 Å². The number of amides is 3. The van der Waals surface area contributed by atoms with Gasteiger partial charge in [0.05, 0.1) is 0 Å². The van der Waals surface area contributed by atoms with Gasteiger partial charge < -0.3 is 20.5 Å². The van der Waals surface area contributed by atoms with Crippen LogP contribution in [0.1, 0.15) is 18.4 Å². The highest BCUT2D eigenvalue weighted by Gasteiger charge is 2.25. The van der Waals surface area contributed by atoms with E-state index in [4.69, 9.17) is 0 Å². The first-order valence-electron chi connectivity index (χ1n) is 9.66. The molecule has 4 rings (SSSR count). The number of nitrogens with zero attached hydrogens (tertiary/aromatic N) is 1. The Labute approximate surface area is 163 Å². The monoisotopic (exact) mass is 376 g/mol. The Morgan fingerprint density at radius 1 is 1.04 bits per heavy atom. The van der Waals surface area contributed by atoms with Crippen molar-refractivity contribution in [2.45, 2.75) is 25.3 Å². The van der Waals surface area contributed by atoms with Gasteiger partial charge in [-0.2, -0.15) is 0 Å². The minimum atomic E-state index is -0.644. The van der Waals surface area contributed by atoms with Crippen molar-refractivity contribution in [1.29, 1.82) is 0 Å². The second-order valence-electron chi connectivity index (χ2n) is 7.15. The molecule has 144 valence electrons. The van der Waals surface area contributed by atoms with E-state index in [0.29, 0.717) is 12.1 Å². The van der Waals surface area contributed by atoms with Crippen molar-refractivity contribution in [2.75, 3.05) is 18.4 Å². The van der Waals surface area contributed by atoms with Crippen molar-refractivity contribution in [3.8, 4) is 0 Å². The Morgan fingerprint density at radius 3 is 2.61 bits per heavy atom. The molecule has 0 bridgehead atoms. The molecule has 3 aromatic rings. The molecule has 28 heavy (non-hydrogen) atoms. The molecular formula is C22H24N4O2. The van der Waals surface area contributed by atoms with Gasteiger partial charge >= 0.3 is 6.03 Å². The van der Waals surface area contributed by atoms with E-state index in [1.807, 2.05) is 60.8 Å². The van der Waals surface area contributed by atoms with Crippen molar-refractivity contribution in [3.05, 3.63) is 66.4 Å². The highest BCUT2D eigenvalue weighted by molar-refractivity contribution is 5.98. The van der Waals surface area contributed by atoms with Crippen LogP contribution in [-0.2, 0) is 11.2 Å². The molecule has 3 amide bonds. The molecule has 2 heterocycles. The van der Waals surface area contributed by atoms with Crippen LogP contribution in [0.4, 0.5) is 10.5 Å². The van der Waals surface area contributed by atoms with E-state index in [-0.39, 0.29) is 11.9 Å². The first kappa shape index (κ1) is 18.1. The topological polar surface area (TPSA) is 77.2 Å². The third kappa shape index (κ3) is 4.17. The smallest absolute Gasteiger partial charge is 0.318 e. The van der Waals surface area contributed by atoms with E-state index < -0.39 is 6.04 Å². The number of aromatic nitrogens is 1. The number of nitrogens with one attached hydrogen (secondary N) is 3. The summed E-state index contributed by atoms with van der Waals surface area (Å²) in [6, 6.07) is 16.6. The molecule has 1 fully saturated rings. The molecule has 6 nitrogen and oxygen atoms in total. The lowest BCUT2D eigenvalue weighted by Gasteiger charge is -2.23. The number of hydrogen-bond donors (Lipinski definition) is 3. The molecule has 1 atom stereocenters. The number of urea groups is 1. The zero-order valence-electron chi connectivity index (χ0n) is 15.7. The number of H-pyrrole nitrogens is 1. The Morgan fingerprint density at radius 2 is 1.82 bits per heavy atom. The zero-order chi connectivity index (χ0) is 19.3. The number of rotatable bonds is 5. The van der Waals surface area contributed by atoms with Crippen molar-refractivity contribution in [2.24, 2.45) is 0 Å². The second kappa shape index (κ2) is 8.17. The minimum Gasteiger partial charge on any atom is -0.361 e. The maximum Gasteiger partial charge on any atom is 0.318 e. The Balaban J connectivity index is 1.50. The fourth-order valence-electron chi connectivity index (χ4n) is 3.57. The van der Waals surface area contributed by atoms with Gasteiger partial charge in [0.1, 0.15) is 6.04 Å². The standard InChI is InChI=1S/C22H24N4O2/c27-21(24-18-9-8-17-10-11-23-19(17)15-18)20(14-16-6-2-1-3-7-16)25-22(28)26-12-4-5-13-26/h1-3,6-11,15,20,23H,4-5,12-14H2,(H,24,27)(H,25,28)/t20-/m1/s1. The van der Waals surface area contributed by atoms with Gasteiger partial charge in [-0.3, -0.25) is 4.79 Å². The summed E-state index contributed by atoms with van der Waals surface area (Å²) in [5, 5.41) is 6.96. The van der Waals surface area contributed by atoms with E-state index in [1.54, 1.807) is 4.90 Å². The number of carbonyl (C=O) groups excluding carboxylic acids is 2. The van der Waals surface area contributed by atoms with Crippen LogP contribution in [0.15, 0.2) is 60.8 Å². The van der Waals surface area contributed by atoms with Crippen LogP contribution in [0.2, 0.25) is 0 Å². The van der Waals surface area contributed by atoms with Gasteiger partial charge in [0.25, 0.3) is 0 Å². The number of carbonyl (C=O) groups is 2. The fraction of sp³-hybridized carbons (Fsp3) is 0.273. The molecule has 1 aliphatic rings. The first-order valence-corrected chi connectivity index (χ1v) is 9.66. The van der Waals surface area contributed by atoms with Crippen LogP contribution in [0.3, 0.4) is 0 Å². The van der Waals surface area contributed by atoms with Crippen LogP contribution in [-0.4, -0.2) is 41.0 Å². The van der Waals surface area contributed by atoms with E-state index in [2.05, 4.69) is 15.6 Å². The molecule has 2 aromatic carbocycles. The number of likely N-dealkylation sites (tertiary alicyclic amines) is 1. The number of fused-ring (bicyclic) bond motifs is 1. The number of aromatic amines is 1. The van der Waals surface area contributed by atoms with Gasteiger partial charge in [-0.1, -0.05) is 36.4 Å². The SMILES string of the molecule is O=C(Nc1ccc2cc[nH]c2c1)[C@@H](Cc1ccccc1)NC(=O)N1CCCC1. The Bertz CT molecular complexity index is 961.